The van der Waals surface area contributed by atoms with Crippen molar-refractivity contribution in [3.05, 3.63) is 78.0 Å². The van der Waals surface area contributed by atoms with Crippen molar-refractivity contribution in [2.24, 2.45) is 11.7 Å². The predicted octanol–water partition coefficient (Wildman–Crippen LogP) is 1.87. The normalized spacial score (nSPS) is 15.0. The standard InChI is InChI=1S/C26H26N4O4/c27-24(32)23(31)22(15-17-5-2-1-3-6-17)29-25(33)18-10-13-30(14-11-18)26(34)20-8-9-21-19(16-20)7-4-12-28-21/h1-9,12,16,18,22H,10-11,13-15H2,(H2,27,32)(H,29,33). The smallest absolute Gasteiger partial charge is 0.287 e. The SMILES string of the molecule is NC(=O)C(=O)C(Cc1ccccc1)NC(=O)C1CCN(C(=O)c2ccc3ncccc3c2)CC1. The van der Waals surface area contributed by atoms with E-state index in [0.29, 0.717) is 31.5 Å². The van der Waals surface area contributed by atoms with Crippen LogP contribution in [0.4, 0.5) is 0 Å². The summed E-state index contributed by atoms with van der Waals surface area (Å²) in [6, 6.07) is 17.3. The first-order valence-electron chi connectivity index (χ1n) is 11.2. The molecule has 1 unspecified atom stereocenters. The van der Waals surface area contributed by atoms with Crippen molar-refractivity contribution < 1.29 is 19.2 Å². The van der Waals surface area contributed by atoms with Crippen molar-refractivity contribution in [2.75, 3.05) is 13.1 Å². The Labute approximate surface area is 197 Å². The first-order chi connectivity index (χ1) is 16.4. The highest BCUT2D eigenvalue weighted by atomic mass is 16.2. The maximum atomic E-state index is 13.0. The fourth-order valence-electron chi connectivity index (χ4n) is 4.26. The third-order valence-electron chi connectivity index (χ3n) is 6.16. The van der Waals surface area contributed by atoms with Crippen LogP contribution in [0.3, 0.4) is 0 Å². The van der Waals surface area contributed by atoms with Gasteiger partial charge in [-0.2, -0.15) is 0 Å². The lowest BCUT2D eigenvalue weighted by Gasteiger charge is -2.32. The van der Waals surface area contributed by atoms with Gasteiger partial charge in [-0.15, -0.1) is 0 Å². The van der Waals surface area contributed by atoms with E-state index in [-0.39, 0.29) is 24.2 Å². The van der Waals surface area contributed by atoms with Gasteiger partial charge in [0.05, 0.1) is 5.52 Å². The molecule has 1 aliphatic heterocycles. The van der Waals surface area contributed by atoms with E-state index in [9.17, 15) is 19.2 Å². The number of ketones is 1. The second-order valence-electron chi connectivity index (χ2n) is 8.46. The molecule has 8 nitrogen and oxygen atoms in total. The zero-order valence-corrected chi connectivity index (χ0v) is 18.6. The fourth-order valence-corrected chi connectivity index (χ4v) is 4.26. The highest BCUT2D eigenvalue weighted by Crippen LogP contribution is 2.21. The van der Waals surface area contributed by atoms with Crippen LogP contribution in [0.1, 0.15) is 28.8 Å². The van der Waals surface area contributed by atoms with Crippen molar-refractivity contribution in [3.8, 4) is 0 Å². The number of hydrogen-bond acceptors (Lipinski definition) is 5. The summed E-state index contributed by atoms with van der Waals surface area (Å²) in [5.41, 5.74) is 7.42. The Bertz CT molecular complexity index is 1220. The van der Waals surface area contributed by atoms with E-state index in [0.717, 1.165) is 16.5 Å². The lowest BCUT2D eigenvalue weighted by atomic mass is 9.94. The van der Waals surface area contributed by atoms with Gasteiger partial charge in [-0.25, -0.2) is 0 Å². The first kappa shape index (κ1) is 23.1. The quantitative estimate of drug-likeness (QED) is 0.524. The Balaban J connectivity index is 1.37. The molecule has 0 spiro atoms. The molecule has 8 heteroatoms. The monoisotopic (exact) mass is 458 g/mol. The highest BCUT2D eigenvalue weighted by Gasteiger charge is 2.31. The molecule has 1 aliphatic rings. The van der Waals surface area contributed by atoms with Gasteiger partial charge < -0.3 is 16.0 Å². The number of likely N-dealkylation sites (tertiary alicyclic amines) is 1. The summed E-state index contributed by atoms with van der Waals surface area (Å²) in [7, 11) is 0. The molecule has 1 fully saturated rings. The zero-order valence-electron chi connectivity index (χ0n) is 18.6. The number of fused-ring (bicyclic) bond motifs is 1. The van der Waals surface area contributed by atoms with Crippen LogP contribution in [0, 0.1) is 5.92 Å². The molecule has 1 atom stereocenters. The maximum Gasteiger partial charge on any atom is 0.287 e. The molecule has 0 radical (unpaired) electrons. The van der Waals surface area contributed by atoms with Crippen LogP contribution < -0.4 is 11.1 Å². The Morgan fingerprint density at radius 2 is 1.74 bits per heavy atom. The van der Waals surface area contributed by atoms with Crippen molar-refractivity contribution in [2.45, 2.75) is 25.3 Å². The summed E-state index contributed by atoms with van der Waals surface area (Å²) in [5, 5.41) is 3.61. The summed E-state index contributed by atoms with van der Waals surface area (Å²) in [6.45, 7) is 0.851. The molecule has 3 amide bonds. The van der Waals surface area contributed by atoms with E-state index in [4.69, 9.17) is 5.73 Å². The number of benzene rings is 2. The average Bonchev–Trinajstić information content (AvgIpc) is 2.87. The summed E-state index contributed by atoms with van der Waals surface area (Å²) in [4.78, 5) is 55.7. The summed E-state index contributed by atoms with van der Waals surface area (Å²) < 4.78 is 0. The van der Waals surface area contributed by atoms with Gasteiger partial charge in [-0.3, -0.25) is 24.2 Å². The molecule has 3 N–H and O–H groups in total. The number of piperidine rings is 1. The number of primary amides is 1. The van der Waals surface area contributed by atoms with E-state index in [1.807, 2.05) is 54.6 Å². The minimum atomic E-state index is -1.08. The molecule has 34 heavy (non-hydrogen) atoms. The molecule has 2 heterocycles. The first-order valence-corrected chi connectivity index (χ1v) is 11.2. The largest absolute Gasteiger partial charge is 0.363 e. The van der Waals surface area contributed by atoms with Crippen molar-refractivity contribution in [1.82, 2.24) is 15.2 Å². The van der Waals surface area contributed by atoms with Gasteiger partial charge in [0.2, 0.25) is 11.7 Å². The molecule has 0 saturated carbocycles. The van der Waals surface area contributed by atoms with Crippen LogP contribution >= 0.6 is 0 Å². The van der Waals surface area contributed by atoms with Crippen LogP contribution in [-0.4, -0.2) is 52.5 Å². The van der Waals surface area contributed by atoms with Gasteiger partial charge in [-0.05, 0) is 42.7 Å². The van der Waals surface area contributed by atoms with Crippen LogP contribution in [0.25, 0.3) is 10.9 Å². The molecule has 0 bridgehead atoms. The van der Waals surface area contributed by atoms with E-state index < -0.39 is 17.7 Å². The molecule has 4 rings (SSSR count). The van der Waals surface area contributed by atoms with Crippen LogP contribution in [0.5, 0.6) is 0 Å². The van der Waals surface area contributed by atoms with E-state index >= 15 is 0 Å². The van der Waals surface area contributed by atoms with E-state index in [1.165, 1.54) is 0 Å². The fraction of sp³-hybridized carbons (Fsp3) is 0.269. The van der Waals surface area contributed by atoms with Gasteiger partial charge in [-0.1, -0.05) is 36.4 Å². The number of Topliss-reactive ketones (excluding diaryl/α,β-unsaturated/α-hetero) is 1. The number of nitrogens with zero attached hydrogens (tertiary/aromatic N) is 2. The molecule has 3 aromatic rings. The number of nitrogens with two attached hydrogens (primary N) is 1. The Morgan fingerprint density at radius 3 is 2.44 bits per heavy atom. The maximum absolute atomic E-state index is 13.0. The third-order valence-corrected chi connectivity index (χ3v) is 6.16. The number of nitrogens with one attached hydrogen (secondary N) is 1. The minimum absolute atomic E-state index is 0.0875. The second-order valence-corrected chi connectivity index (χ2v) is 8.46. The Hall–Kier alpha value is -4.07. The number of hydrogen-bond donors (Lipinski definition) is 2. The third kappa shape index (κ3) is 5.28. The molecular weight excluding hydrogens is 432 g/mol. The lowest BCUT2D eigenvalue weighted by molar-refractivity contribution is -0.139. The Kier molecular flexibility index (Phi) is 6.96. The highest BCUT2D eigenvalue weighted by molar-refractivity contribution is 6.37. The van der Waals surface area contributed by atoms with Gasteiger partial charge in [0.1, 0.15) is 6.04 Å². The number of pyridine rings is 1. The second kappa shape index (κ2) is 10.2. The molecule has 174 valence electrons. The van der Waals surface area contributed by atoms with Crippen LogP contribution in [0.2, 0.25) is 0 Å². The average molecular weight is 459 g/mol. The molecule has 0 aliphatic carbocycles. The van der Waals surface area contributed by atoms with E-state index in [2.05, 4.69) is 10.3 Å². The number of aromatic nitrogens is 1. The summed E-state index contributed by atoms with van der Waals surface area (Å²) in [6.07, 6.45) is 2.83. The topological polar surface area (TPSA) is 122 Å². The molecule has 1 aromatic heterocycles. The number of rotatable bonds is 7. The zero-order chi connectivity index (χ0) is 24.1. The molecule has 1 saturated heterocycles. The van der Waals surface area contributed by atoms with Gasteiger partial charge >= 0.3 is 0 Å². The van der Waals surface area contributed by atoms with E-state index in [1.54, 1.807) is 17.2 Å². The molecular formula is C26H26N4O4. The summed E-state index contributed by atoms with van der Waals surface area (Å²) >= 11 is 0. The number of carbonyl (C=O) groups is 4. The number of amides is 3. The lowest BCUT2D eigenvalue weighted by Crippen LogP contribution is -2.50. The van der Waals surface area contributed by atoms with Crippen LogP contribution in [0.15, 0.2) is 66.9 Å². The van der Waals surface area contributed by atoms with Crippen molar-refractivity contribution in [1.29, 1.82) is 0 Å². The predicted molar refractivity (Wildman–Crippen MR) is 127 cm³/mol. The summed E-state index contributed by atoms with van der Waals surface area (Å²) in [5.74, 6) is -2.65. The van der Waals surface area contributed by atoms with Gasteiger partial charge in [0, 0.05) is 42.6 Å². The number of carbonyl (C=O) groups excluding carboxylic acids is 4. The van der Waals surface area contributed by atoms with Gasteiger partial charge in [0.25, 0.3) is 11.8 Å². The van der Waals surface area contributed by atoms with Crippen LogP contribution in [-0.2, 0) is 20.8 Å². The molecule has 2 aromatic carbocycles. The van der Waals surface area contributed by atoms with Crippen molar-refractivity contribution >= 4 is 34.4 Å². The van der Waals surface area contributed by atoms with Gasteiger partial charge in [0.15, 0.2) is 0 Å². The Morgan fingerprint density at radius 1 is 1.00 bits per heavy atom. The van der Waals surface area contributed by atoms with Crippen molar-refractivity contribution in [3.63, 3.8) is 0 Å². The minimum Gasteiger partial charge on any atom is -0.363 e.